The molecule has 6 nitrogen and oxygen atoms in total. The Labute approximate surface area is 165 Å². The molecule has 0 fully saturated rings. The van der Waals surface area contributed by atoms with E-state index in [0.717, 1.165) is 36.4 Å². The number of aromatic nitrogens is 2. The molecule has 0 spiro atoms. The maximum absolute atomic E-state index is 11.8. The van der Waals surface area contributed by atoms with Gasteiger partial charge in [-0.1, -0.05) is 36.4 Å². The molecule has 0 saturated heterocycles. The predicted molar refractivity (Wildman–Crippen MR) is 111 cm³/mol. The minimum Gasteiger partial charge on any atom is -0.494 e. The van der Waals surface area contributed by atoms with Crippen molar-refractivity contribution in [3.05, 3.63) is 82.3 Å². The van der Waals surface area contributed by atoms with Crippen molar-refractivity contribution < 1.29 is 4.74 Å². The molecule has 3 aromatic rings. The molecule has 0 radical (unpaired) electrons. The highest BCUT2D eigenvalue weighted by Crippen LogP contribution is 2.17. The molecule has 1 heterocycles. The van der Waals surface area contributed by atoms with Gasteiger partial charge in [0.1, 0.15) is 11.6 Å². The second kappa shape index (κ2) is 9.82. The maximum atomic E-state index is 11.8. The van der Waals surface area contributed by atoms with Gasteiger partial charge in [-0.05, 0) is 37.2 Å². The van der Waals surface area contributed by atoms with Crippen LogP contribution in [-0.2, 0) is 13.1 Å². The minimum absolute atomic E-state index is 0.189. The number of nitrogens with zero attached hydrogens (tertiary/aromatic N) is 2. The Kier molecular flexibility index (Phi) is 6.94. The number of hydrogen-bond donors (Lipinski definition) is 2. The second-order valence-corrected chi connectivity index (χ2v) is 6.74. The summed E-state index contributed by atoms with van der Waals surface area (Å²) in [7, 11) is 2.09. The number of ether oxygens (including phenoxy) is 1. The van der Waals surface area contributed by atoms with E-state index in [2.05, 4.69) is 34.0 Å². The Balaban J connectivity index is 1.55. The standard InChI is InChI=1S/C22H26N4O2/c1-26(11-6-12-28-20-9-3-2-4-10-20)16-17-7-5-8-18(13-17)22-24-19(15-23)14-21(27)25-22/h2-5,7-10,13-14H,6,11-12,15-16,23H2,1H3,(H,24,25,27). The third-order valence-electron chi connectivity index (χ3n) is 4.35. The van der Waals surface area contributed by atoms with E-state index in [0.29, 0.717) is 18.1 Å². The smallest absolute Gasteiger partial charge is 0.251 e. The molecule has 6 heteroatoms. The maximum Gasteiger partial charge on any atom is 0.251 e. The molecular formula is C22H26N4O2. The lowest BCUT2D eigenvalue weighted by atomic mass is 10.1. The Morgan fingerprint density at radius 1 is 1.11 bits per heavy atom. The number of nitrogens with two attached hydrogens (primary N) is 1. The first-order valence-electron chi connectivity index (χ1n) is 9.40. The third-order valence-corrected chi connectivity index (χ3v) is 4.35. The normalized spacial score (nSPS) is 11.0. The van der Waals surface area contributed by atoms with Crippen molar-refractivity contribution in [2.45, 2.75) is 19.5 Å². The Morgan fingerprint density at radius 2 is 1.93 bits per heavy atom. The van der Waals surface area contributed by atoms with Crippen molar-refractivity contribution in [1.29, 1.82) is 0 Å². The average molecular weight is 378 g/mol. The average Bonchev–Trinajstić information content (AvgIpc) is 2.71. The lowest BCUT2D eigenvalue weighted by molar-refractivity contribution is 0.259. The van der Waals surface area contributed by atoms with Gasteiger partial charge in [0.15, 0.2) is 0 Å². The zero-order valence-corrected chi connectivity index (χ0v) is 16.1. The molecule has 146 valence electrons. The fourth-order valence-electron chi connectivity index (χ4n) is 3.00. The van der Waals surface area contributed by atoms with E-state index in [-0.39, 0.29) is 12.1 Å². The van der Waals surface area contributed by atoms with E-state index in [4.69, 9.17) is 10.5 Å². The van der Waals surface area contributed by atoms with Crippen LogP contribution in [0.25, 0.3) is 11.4 Å². The first kappa shape index (κ1) is 19.8. The summed E-state index contributed by atoms with van der Waals surface area (Å²) < 4.78 is 5.74. The van der Waals surface area contributed by atoms with Gasteiger partial charge in [-0.3, -0.25) is 4.79 Å². The number of benzene rings is 2. The van der Waals surface area contributed by atoms with E-state index in [1.165, 1.54) is 6.07 Å². The van der Waals surface area contributed by atoms with Gasteiger partial charge in [-0.25, -0.2) is 4.98 Å². The van der Waals surface area contributed by atoms with Crippen molar-refractivity contribution in [1.82, 2.24) is 14.9 Å². The second-order valence-electron chi connectivity index (χ2n) is 6.74. The first-order valence-corrected chi connectivity index (χ1v) is 9.40. The van der Waals surface area contributed by atoms with Crippen molar-refractivity contribution >= 4 is 0 Å². The first-order chi connectivity index (χ1) is 13.6. The fraction of sp³-hybridized carbons (Fsp3) is 0.273. The number of para-hydroxylation sites is 1. The summed E-state index contributed by atoms with van der Waals surface area (Å²) in [6.07, 6.45) is 0.943. The van der Waals surface area contributed by atoms with Crippen molar-refractivity contribution in [2.75, 3.05) is 20.2 Å². The summed E-state index contributed by atoms with van der Waals surface area (Å²) in [4.78, 5) is 21.2. The lowest BCUT2D eigenvalue weighted by Gasteiger charge is -2.17. The van der Waals surface area contributed by atoms with Crippen LogP contribution in [0.2, 0.25) is 0 Å². The number of aromatic amines is 1. The van der Waals surface area contributed by atoms with Crippen LogP contribution in [0.3, 0.4) is 0 Å². The molecule has 3 rings (SSSR count). The topological polar surface area (TPSA) is 84.2 Å². The molecule has 0 aliphatic rings. The molecule has 3 N–H and O–H groups in total. The quantitative estimate of drug-likeness (QED) is 0.560. The highest BCUT2D eigenvalue weighted by molar-refractivity contribution is 5.56. The van der Waals surface area contributed by atoms with Crippen molar-refractivity contribution in [3.8, 4) is 17.1 Å². The van der Waals surface area contributed by atoms with E-state index < -0.39 is 0 Å². The third kappa shape index (κ3) is 5.77. The molecule has 0 aliphatic heterocycles. The number of H-pyrrole nitrogens is 1. The van der Waals surface area contributed by atoms with Gasteiger partial charge in [0.2, 0.25) is 0 Å². The van der Waals surface area contributed by atoms with Gasteiger partial charge in [0, 0.05) is 31.3 Å². The van der Waals surface area contributed by atoms with Crippen LogP contribution in [0.15, 0.2) is 65.5 Å². The molecule has 2 aromatic carbocycles. The zero-order chi connectivity index (χ0) is 19.8. The van der Waals surface area contributed by atoms with E-state index in [1.807, 2.05) is 42.5 Å². The van der Waals surface area contributed by atoms with Gasteiger partial charge in [-0.2, -0.15) is 0 Å². The summed E-state index contributed by atoms with van der Waals surface area (Å²) in [5, 5.41) is 0. The Hall–Kier alpha value is -2.96. The number of nitrogens with one attached hydrogen (secondary N) is 1. The molecule has 0 saturated carbocycles. The predicted octanol–water partition coefficient (Wildman–Crippen LogP) is 2.80. The summed E-state index contributed by atoms with van der Waals surface area (Å²) >= 11 is 0. The van der Waals surface area contributed by atoms with Gasteiger partial charge >= 0.3 is 0 Å². The van der Waals surface area contributed by atoms with Gasteiger partial charge < -0.3 is 20.4 Å². The molecule has 0 aliphatic carbocycles. The highest BCUT2D eigenvalue weighted by atomic mass is 16.5. The van der Waals surface area contributed by atoms with Crippen molar-refractivity contribution in [3.63, 3.8) is 0 Å². The summed E-state index contributed by atoms with van der Waals surface area (Å²) in [6, 6.07) is 19.3. The SMILES string of the molecule is CN(CCCOc1ccccc1)Cc1cccc(-c2nc(CN)cc(=O)[nH]2)c1. The van der Waals surface area contributed by atoms with E-state index >= 15 is 0 Å². The number of hydrogen-bond acceptors (Lipinski definition) is 5. The Morgan fingerprint density at radius 3 is 2.71 bits per heavy atom. The van der Waals surface area contributed by atoms with Crippen LogP contribution in [0, 0.1) is 0 Å². The monoisotopic (exact) mass is 378 g/mol. The van der Waals surface area contributed by atoms with E-state index in [1.54, 1.807) is 0 Å². The molecule has 28 heavy (non-hydrogen) atoms. The van der Waals surface area contributed by atoms with Crippen LogP contribution in [0.1, 0.15) is 17.7 Å². The van der Waals surface area contributed by atoms with E-state index in [9.17, 15) is 4.79 Å². The lowest BCUT2D eigenvalue weighted by Crippen LogP contribution is -2.20. The summed E-state index contributed by atoms with van der Waals surface area (Å²) in [5.41, 5.74) is 8.06. The molecule has 0 unspecified atom stereocenters. The van der Waals surface area contributed by atoms with Gasteiger partial charge in [-0.15, -0.1) is 0 Å². The highest BCUT2D eigenvalue weighted by Gasteiger charge is 2.06. The van der Waals surface area contributed by atoms with Gasteiger partial charge in [0.25, 0.3) is 5.56 Å². The van der Waals surface area contributed by atoms with Crippen LogP contribution in [-0.4, -0.2) is 35.1 Å². The minimum atomic E-state index is -0.189. The fourth-order valence-corrected chi connectivity index (χ4v) is 3.00. The van der Waals surface area contributed by atoms with Crippen LogP contribution < -0.4 is 16.0 Å². The zero-order valence-electron chi connectivity index (χ0n) is 16.1. The van der Waals surface area contributed by atoms with Crippen LogP contribution in [0.5, 0.6) is 5.75 Å². The van der Waals surface area contributed by atoms with Crippen molar-refractivity contribution in [2.24, 2.45) is 5.73 Å². The summed E-state index contributed by atoms with van der Waals surface area (Å²) in [6.45, 7) is 2.66. The largest absolute Gasteiger partial charge is 0.494 e. The molecule has 0 amide bonds. The summed E-state index contributed by atoms with van der Waals surface area (Å²) in [5.74, 6) is 1.45. The van der Waals surface area contributed by atoms with Crippen LogP contribution in [0.4, 0.5) is 0 Å². The molecule has 0 bridgehead atoms. The Bertz CT molecular complexity index is 941. The molecular weight excluding hydrogens is 352 g/mol. The van der Waals surface area contributed by atoms with Crippen LogP contribution >= 0.6 is 0 Å². The number of rotatable bonds is 9. The molecule has 1 aromatic heterocycles. The molecule has 0 atom stereocenters. The van der Waals surface area contributed by atoms with Gasteiger partial charge in [0.05, 0.1) is 12.3 Å².